The maximum atomic E-state index is 12.0. The highest BCUT2D eigenvalue weighted by Crippen LogP contribution is 2.36. The van der Waals surface area contributed by atoms with Crippen LogP contribution < -0.4 is 0 Å². The molecule has 0 atom stereocenters. The van der Waals surface area contributed by atoms with E-state index >= 15 is 0 Å². The number of aromatic hydroxyl groups is 1. The highest BCUT2D eigenvalue weighted by atomic mass is 16.5. The lowest BCUT2D eigenvalue weighted by Gasteiger charge is -2.08. The Balaban J connectivity index is 2.44. The van der Waals surface area contributed by atoms with Crippen LogP contribution in [-0.2, 0) is 11.8 Å². The van der Waals surface area contributed by atoms with Crippen molar-refractivity contribution in [3.8, 4) is 5.75 Å². The zero-order valence-electron chi connectivity index (χ0n) is 12.2. The first-order valence-corrected chi connectivity index (χ1v) is 6.80. The van der Waals surface area contributed by atoms with Crippen molar-refractivity contribution in [1.82, 2.24) is 9.55 Å². The molecule has 5 nitrogen and oxygen atoms in total. The number of hydrogen-bond acceptors (Lipinski definition) is 4. The highest BCUT2D eigenvalue weighted by Gasteiger charge is 2.23. The van der Waals surface area contributed by atoms with Crippen LogP contribution in [0.4, 0.5) is 0 Å². The summed E-state index contributed by atoms with van der Waals surface area (Å²) in [5.41, 5.74) is 2.21. The van der Waals surface area contributed by atoms with E-state index in [1.165, 1.54) is 0 Å². The van der Waals surface area contributed by atoms with Gasteiger partial charge in [-0.25, -0.2) is 9.78 Å². The number of rotatable bonds is 2. The number of hydrogen-bond donors (Lipinski definition) is 1. The van der Waals surface area contributed by atoms with Gasteiger partial charge in [-0.3, -0.25) is 0 Å². The van der Waals surface area contributed by atoms with E-state index in [0.29, 0.717) is 16.7 Å². The zero-order valence-corrected chi connectivity index (χ0v) is 12.2. The summed E-state index contributed by atoms with van der Waals surface area (Å²) in [5.74, 6) is -0.609. The molecular weight excluding hydrogens is 268 g/mol. The maximum absolute atomic E-state index is 12.0. The van der Waals surface area contributed by atoms with Crippen molar-refractivity contribution in [3.05, 3.63) is 35.5 Å². The fraction of sp³-hybridized carbons (Fsp3) is 0.250. The minimum atomic E-state index is -0.546. The van der Waals surface area contributed by atoms with Crippen LogP contribution >= 0.6 is 0 Å². The largest absolute Gasteiger partial charge is 0.506 e. The first-order chi connectivity index (χ1) is 10.1. The van der Waals surface area contributed by atoms with Gasteiger partial charge in [0.15, 0.2) is 0 Å². The second kappa shape index (κ2) is 4.77. The van der Waals surface area contributed by atoms with E-state index in [2.05, 4.69) is 4.98 Å². The normalized spacial score (nSPS) is 11.2. The lowest BCUT2D eigenvalue weighted by atomic mass is 10.1. The second-order valence-corrected chi connectivity index (χ2v) is 4.92. The quantitative estimate of drug-likeness (QED) is 0.735. The summed E-state index contributed by atoms with van der Waals surface area (Å²) < 4.78 is 6.92. The van der Waals surface area contributed by atoms with Crippen LogP contribution in [0.1, 0.15) is 23.0 Å². The predicted octanol–water partition coefficient (Wildman–Crippen LogP) is 2.92. The molecular formula is C16H16N2O3. The van der Waals surface area contributed by atoms with Gasteiger partial charge in [0.1, 0.15) is 17.0 Å². The average Bonchev–Trinajstić information content (AvgIpc) is 2.73. The van der Waals surface area contributed by atoms with Gasteiger partial charge < -0.3 is 14.4 Å². The Morgan fingerprint density at radius 3 is 2.81 bits per heavy atom. The standard InChI is InChI=1S/C16H16N2O3/c1-4-21-16(20)12-9(2)17-15-13(14(12)19)10-7-5-6-8-11(10)18(15)3/h5-8H,4H2,1-3H3,(H,17,19). The lowest BCUT2D eigenvalue weighted by molar-refractivity contribution is 0.0522. The molecule has 0 spiro atoms. The summed E-state index contributed by atoms with van der Waals surface area (Å²) >= 11 is 0. The van der Waals surface area contributed by atoms with Crippen molar-refractivity contribution >= 4 is 27.9 Å². The van der Waals surface area contributed by atoms with Crippen LogP contribution in [0, 0.1) is 6.92 Å². The van der Waals surface area contributed by atoms with Crippen LogP contribution in [0.25, 0.3) is 21.9 Å². The fourth-order valence-corrected chi connectivity index (χ4v) is 2.70. The lowest BCUT2D eigenvalue weighted by Crippen LogP contribution is -2.09. The van der Waals surface area contributed by atoms with Gasteiger partial charge in [-0.15, -0.1) is 0 Å². The number of pyridine rings is 1. The SMILES string of the molecule is CCOC(=O)c1c(C)nc2c(c1O)c1ccccc1n2C. The topological polar surface area (TPSA) is 64.3 Å². The third-order valence-corrected chi connectivity index (χ3v) is 3.66. The van der Waals surface area contributed by atoms with Gasteiger partial charge in [-0.2, -0.15) is 0 Å². The summed E-state index contributed by atoms with van der Waals surface area (Å²) in [7, 11) is 1.89. The van der Waals surface area contributed by atoms with Crippen molar-refractivity contribution in [2.45, 2.75) is 13.8 Å². The monoisotopic (exact) mass is 284 g/mol. The Hall–Kier alpha value is -2.56. The number of benzene rings is 1. The number of carbonyl (C=O) groups excluding carboxylic acids is 1. The molecule has 0 unspecified atom stereocenters. The first kappa shape index (κ1) is 13.4. The minimum absolute atomic E-state index is 0.0623. The fourth-order valence-electron chi connectivity index (χ4n) is 2.70. The van der Waals surface area contributed by atoms with Gasteiger partial charge >= 0.3 is 5.97 Å². The second-order valence-electron chi connectivity index (χ2n) is 4.92. The van der Waals surface area contributed by atoms with Gasteiger partial charge in [0.25, 0.3) is 0 Å². The molecule has 0 saturated heterocycles. The van der Waals surface area contributed by atoms with E-state index in [4.69, 9.17) is 4.74 Å². The third-order valence-electron chi connectivity index (χ3n) is 3.66. The Labute approximate surface area is 121 Å². The first-order valence-electron chi connectivity index (χ1n) is 6.80. The molecule has 0 fully saturated rings. The molecule has 0 aliphatic heterocycles. The molecule has 2 aromatic heterocycles. The van der Waals surface area contributed by atoms with E-state index in [-0.39, 0.29) is 17.9 Å². The summed E-state index contributed by atoms with van der Waals surface area (Å²) in [4.78, 5) is 16.5. The highest BCUT2D eigenvalue weighted by molar-refractivity contribution is 6.13. The Bertz CT molecular complexity index is 865. The van der Waals surface area contributed by atoms with Gasteiger partial charge in [-0.05, 0) is 19.9 Å². The van der Waals surface area contributed by atoms with Crippen LogP contribution in [0.3, 0.4) is 0 Å². The van der Waals surface area contributed by atoms with Gasteiger partial charge in [0.2, 0.25) is 0 Å². The van der Waals surface area contributed by atoms with E-state index < -0.39 is 5.97 Å². The van der Waals surface area contributed by atoms with E-state index in [0.717, 1.165) is 10.9 Å². The molecule has 1 N–H and O–H groups in total. The molecule has 5 heteroatoms. The maximum Gasteiger partial charge on any atom is 0.343 e. The van der Waals surface area contributed by atoms with Crippen LogP contribution in [0.5, 0.6) is 5.75 Å². The number of fused-ring (bicyclic) bond motifs is 3. The molecule has 3 aromatic rings. The number of aromatic nitrogens is 2. The molecule has 0 aliphatic rings. The third kappa shape index (κ3) is 1.85. The Morgan fingerprint density at radius 2 is 2.10 bits per heavy atom. The average molecular weight is 284 g/mol. The van der Waals surface area contributed by atoms with E-state index in [9.17, 15) is 9.90 Å². The Kier molecular flexibility index (Phi) is 3.05. The molecule has 0 amide bonds. The molecule has 0 aliphatic carbocycles. The number of para-hydroxylation sites is 1. The summed E-state index contributed by atoms with van der Waals surface area (Å²) in [5, 5.41) is 12.0. The van der Waals surface area contributed by atoms with Gasteiger partial charge in [0, 0.05) is 12.4 Å². The van der Waals surface area contributed by atoms with Crippen molar-refractivity contribution in [3.63, 3.8) is 0 Å². The van der Waals surface area contributed by atoms with Crippen molar-refractivity contribution in [1.29, 1.82) is 0 Å². The number of carbonyl (C=O) groups is 1. The molecule has 21 heavy (non-hydrogen) atoms. The zero-order chi connectivity index (χ0) is 15.1. The van der Waals surface area contributed by atoms with E-state index in [1.807, 2.05) is 35.9 Å². The smallest absolute Gasteiger partial charge is 0.343 e. The van der Waals surface area contributed by atoms with Crippen molar-refractivity contribution in [2.24, 2.45) is 7.05 Å². The number of nitrogens with zero attached hydrogens (tertiary/aromatic N) is 2. The van der Waals surface area contributed by atoms with Crippen molar-refractivity contribution < 1.29 is 14.6 Å². The molecule has 3 rings (SSSR count). The van der Waals surface area contributed by atoms with Crippen LogP contribution in [0.2, 0.25) is 0 Å². The minimum Gasteiger partial charge on any atom is -0.506 e. The molecule has 0 bridgehead atoms. The number of ether oxygens (including phenoxy) is 1. The number of aryl methyl sites for hydroxylation is 2. The summed E-state index contributed by atoms with van der Waals surface area (Å²) in [6.45, 7) is 3.68. The summed E-state index contributed by atoms with van der Waals surface area (Å²) in [6, 6.07) is 7.68. The van der Waals surface area contributed by atoms with Crippen molar-refractivity contribution in [2.75, 3.05) is 6.61 Å². The van der Waals surface area contributed by atoms with Gasteiger partial charge in [0.05, 0.1) is 23.2 Å². The van der Waals surface area contributed by atoms with E-state index in [1.54, 1.807) is 13.8 Å². The molecule has 0 radical (unpaired) electrons. The molecule has 0 saturated carbocycles. The van der Waals surface area contributed by atoms with Crippen LogP contribution in [0.15, 0.2) is 24.3 Å². The predicted molar refractivity (Wildman–Crippen MR) is 80.6 cm³/mol. The molecule has 108 valence electrons. The Morgan fingerprint density at radius 1 is 1.38 bits per heavy atom. The van der Waals surface area contributed by atoms with Gasteiger partial charge in [-0.1, -0.05) is 18.2 Å². The molecule has 2 heterocycles. The summed E-state index contributed by atoms with van der Waals surface area (Å²) in [6.07, 6.45) is 0. The molecule has 1 aromatic carbocycles. The van der Waals surface area contributed by atoms with Crippen LogP contribution in [-0.4, -0.2) is 27.2 Å². The number of esters is 1.